The lowest BCUT2D eigenvalue weighted by Crippen LogP contribution is -2.14. The van der Waals surface area contributed by atoms with E-state index in [1.54, 1.807) is 31.2 Å². The molecule has 2 rings (SSSR count). The van der Waals surface area contributed by atoms with Crippen LogP contribution >= 0.6 is 7.60 Å². The van der Waals surface area contributed by atoms with Gasteiger partial charge in [-0.05, 0) is 24.6 Å². The van der Waals surface area contributed by atoms with Crippen LogP contribution in [0, 0.1) is 0 Å². The number of para-hydroxylation sites is 1. The molecule has 2 aromatic rings. The summed E-state index contributed by atoms with van der Waals surface area (Å²) in [6, 6.07) is 18.1. The van der Waals surface area contributed by atoms with Gasteiger partial charge in [0.05, 0.1) is 13.2 Å². The van der Waals surface area contributed by atoms with Crippen molar-refractivity contribution in [3.8, 4) is 5.75 Å². The molecule has 0 fully saturated rings. The third kappa shape index (κ3) is 7.10. The van der Waals surface area contributed by atoms with E-state index in [4.69, 9.17) is 18.5 Å². The average Bonchev–Trinajstić information content (AvgIpc) is 2.62. The van der Waals surface area contributed by atoms with Gasteiger partial charge in [0.2, 0.25) is 0 Å². The molecule has 1 unspecified atom stereocenters. The van der Waals surface area contributed by atoms with Crippen LogP contribution in [0.3, 0.4) is 0 Å². The van der Waals surface area contributed by atoms with Gasteiger partial charge in [-0.3, -0.25) is 4.52 Å². The van der Waals surface area contributed by atoms with E-state index in [0.29, 0.717) is 5.75 Å². The summed E-state index contributed by atoms with van der Waals surface area (Å²) in [5, 5.41) is 0. The Balaban J connectivity index is 1.97. The van der Waals surface area contributed by atoms with Crippen molar-refractivity contribution in [2.24, 2.45) is 0 Å². The summed E-state index contributed by atoms with van der Waals surface area (Å²) in [7, 11) is -3.68. The molecule has 0 amide bonds. The topological polar surface area (TPSA) is 71.1 Å². The number of ether oxygens (including phenoxy) is 2. The second kappa shape index (κ2) is 9.99. The minimum Gasteiger partial charge on any atom is -0.464 e. The summed E-state index contributed by atoms with van der Waals surface area (Å²) in [6.45, 7) is 1.69. The maximum Gasteiger partial charge on any atom is 0.405 e. The lowest BCUT2D eigenvalue weighted by atomic mass is 10.2. The van der Waals surface area contributed by atoms with Crippen LogP contribution in [0.1, 0.15) is 12.5 Å². The lowest BCUT2D eigenvalue weighted by molar-refractivity contribution is -0.145. The van der Waals surface area contributed by atoms with Gasteiger partial charge < -0.3 is 14.0 Å². The molecule has 0 bridgehead atoms. The Morgan fingerprint density at radius 2 is 1.64 bits per heavy atom. The fourth-order valence-corrected chi connectivity index (χ4v) is 3.18. The van der Waals surface area contributed by atoms with Gasteiger partial charge in [0.25, 0.3) is 0 Å². The summed E-state index contributed by atoms with van der Waals surface area (Å²) in [4.78, 5) is 11.5. The maximum atomic E-state index is 12.9. The first-order valence-electron chi connectivity index (χ1n) is 7.87. The molecule has 0 aliphatic carbocycles. The van der Waals surface area contributed by atoms with Gasteiger partial charge in [0, 0.05) is 0 Å². The molecule has 0 saturated carbocycles. The molecule has 0 aromatic heterocycles. The third-order valence-electron chi connectivity index (χ3n) is 3.03. The molecule has 0 saturated heterocycles. The molecular formula is C18H21O6P. The molecule has 7 heteroatoms. The van der Waals surface area contributed by atoms with Crippen LogP contribution in [-0.4, -0.2) is 25.5 Å². The van der Waals surface area contributed by atoms with Gasteiger partial charge in [0.1, 0.15) is 5.75 Å². The van der Waals surface area contributed by atoms with E-state index in [1.165, 1.54) is 0 Å². The average molecular weight is 364 g/mol. The predicted molar refractivity (Wildman–Crippen MR) is 93.4 cm³/mol. The van der Waals surface area contributed by atoms with Gasteiger partial charge in [0.15, 0.2) is 13.0 Å². The van der Waals surface area contributed by atoms with Crippen molar-refractivity contribution in [2.75, 3.05) is 19.6 Å². The monoisotopic (exact) mass is 364 g/mol. The lowest BCUT2D eigenvalue weighted by Gasteiger charge is -2.19. The van der Waals surface area contributed by atoms with E-state index >= 15 is 0 Å². The van der Waals surface area contributed by atoms with Gasteiger partial charge in [-0.2, -0.15) is 0 Å². The largest absolute Gasteiger partial charge is 0.464 e. The van der Waals surface area contributed by atoms with Gasteiger partial charge >= 0.3 is 13.6 Å². The zero-order chi connectivity index (χ0) is 18.0. The second-order valence-corrected chi connectivity index (χ2v) is 6.98. The summed E-state index contributed by atoms with van der Waals surface area (Å²) in [5.41, 5.74) is 0.930. The Bertz CT molecular complexity index is 689. The van der Waals surface area contributed by atoms with Crippen molar-refractivity contribution < 1.29 is 27.9 Å². The first-order valence-corrected chi connectivity index (χ1v) is 9.59. The summed E-state index contributed by atoms with van der Waals surface area (Å²) >= 11 is 0. The zero-order valence-electron chi connectivity index (χ0n) is 14.0. The van der Waals surface area contributed by atoms with Crippen LogP contribution in [0.2, 0.25) is 0 Å². The number of hydrogen-bond donors (Lipinski definition) is 0. The number of rotatable bonds is 10. The SMILES string of the molecule is CCOC(=O)COP(=O)(COCc1ccccc1)Oc1ccccc1. The van der Waals surface area contributed by atoms with Crippen LogP contribution in [0.25, 0.3) is 0 Å². The minimum absolute atomic E-state index is 0.219. The third-order valence-corrected chi connectivity index (χ3v) is 4.54. The summed E-state index contributed by atoms with van der Waals surface area (Å²) in [6.07, 6.45) is -0.282. The molecule has 25 heavy (non-hydrogen) atoms. The van der Waals surface area contributed by atoms with Crippen LogP contribution in [0.15, 0.2) is 60.7 Å². The number of carbonyl (C=O) groups excluding carboxylic acids is 1. The molecule has 1 atom stereocenters. The van der Waals surface area contributed by atoms with E-state index in [0.717, 1.165) is 5.56 Å². The Kier molecular flexibility index (Phi) is 7.67. The van der Waals surface area contributed by atoms with Crippen molar-refractivity contribution in [3.63, 3.8) is 0 Å². The highest BCUT2D eigenvalue weighted by molar-refractivity contribution is 7.54. The van der Waals surface area contributed by atoms with E-state index in [-0.39, 0.29) is 19.6 Å². The Morgan fingerprint density at radius 1 is 1.00 bits per heavy atom. The van der Waals surface area contributed by atoms with E-state index in [9.17, 15) is 9.36 Å². The van der Waals surface area contributed by atoms with Crippen molar-refractivity contribution >= 4 is 13.6 Å². The molecule has 6 nitrogen and oxygen atoms in total. The van der Waals surface area contributed by atoms with E-state index in [1.807, 2.05) is 36.4 Å². The molecule has 0 aliphatic heterocycles. The highest BCUT2D eigenvalue weighted by atomic mass is 31.2. The van der Waals surface area contributed by atoms with Crippen molar-refractivity contribution in [1.29, 1.82) is 0 Å². The van der Waals surface area contributed by atoms with Gasteiger partial charge in [-0.25, -0.2) is 9.36 Å². The van der Waals surface area contributed by atoms with Crippen LogP contribution in [-0.2, 0) is 30.0 Å². The van der Waals surface area contributed by atoms with Gasteiger partial charge in [-0.15, -0.1) is 0 Å². The highest BCUT2D eigenvalue weighted by Gasteiger charge is 2.28. The minimum atomic E-state index is -3.68. The Labute approximate surface area is 147 Å². The standard InChI is InChI=1S/C18H21O6P/c1-2-22-18(19)14-23-25(20,24-17-11-7-4-8-12-17)15-21-13-16-9-5-3-6-10-16/h3-12H,2,13-15H2,1H3. The quantitative estimate of drug-likeness (QED) is 0.469. The van der Waals surface area contributed by atoms with Crippen molar-refractivity contribution in [3.05, 3.63) is 66.2 Å². The Morgan fingerprint density at radius 3 is 2.28 bits per heavy atom. The van der Waals surface area contributed by atoms with Crippen LogP contribution < -0.4 is 4.52 Å². The molecule has 0 N–H and O–H groups in total. The molecule has 0 heterocycles. The number of benzene rings is 2. The van der Waals surface area contributed by atoms with Gasteiger partial charge in [-0.1, -0.05) is 48.5 Å². The first kappa shape index (κ1) is 19.2. The number of carbonyl (C=O) groups is 1. The molecular weight excluding hydrogens is 343 g/mol. The smallest absolute Gasteiger partial charge is 0.405 e. The zero-order valence-corrected chi connectivity index (χ0v) is 14.9. The highest BCUT2D eigenvalue weighted by Crippen LogP contribution is 2.48. The summed E-state index contributed by atoms with van der Waals surface area (Å²) in [5.74, 6) is -0.236. The molecule has 134 valence electrons. The van der Waals surface area contributed by atoms with E-state index < -0.39 is 20.2 Å². The van der Waals surface area contributed by atoms with Crippen molar-refractivity contribution in [2.45, 2.75) is 13.5 Å². The molecule has 0 spiro atoms. The number of hydrogen-bond acceptors (Lipinski definition) is 6. The van der Waals surface area contributed by atoms with Crippen molar-refractivity contribution in [1.82, 2.24) is 0 Å². The molecule has 2 aromatic carbocycles. The predicted octanol–water partition coefficient (Wildman–Crippen LogP) is 4.01. The molecule has 0 aliphatic rings. The Hall–Kier alpha value is -2.14. The molecule has 0 radical (unpaired) electrons. The number of esters is 1. The summed E-state index contributed by atoms with van der Waals surface area (Å²) < 4.78 is 33.9. The first-order chi connectivity index (χ1) is 12.1. The second-order valence-electron chi connectivity index (χ2n) is 5.06. The maximum absolute atomic E-state index is 12.9. The fraction of sp³-hybridized carbons (Fsp3) is 0.278. The van der Waals surface area contributed by atoms with Crippen LogP contribution in [0.5, 0.6) is 5.75 Å². The fourth-order valence-electron chi connectivity index (χ4n) is 1.94. The normalized spacial score (nSPS) is 13.0. The van der Waals surface area contributed by atoms with E-state index in [2.05, 4.69) is 0 Å². The van der Waals surface area contributed by atoms with Crippen LogP contribution in [0.4, 0.5) is 0 Å².